The van der Waals surface area contributed by atoms with E-state index in [0.29, 0.717) is 12.0 Å². The van der Waals surface area contributed by atoms with E-state index < -0.39 is 0 Å². The summed E-state index contributed by atoms with van der Waals surface area (Å²) >= 11 is 3.64. The van der Waals surface area contributed by atoms with Gasteiger partial charge in [-0.3, -0.25) is 0 Å². The Morgan fingerprint density at radius 1 is 0.577 bits per heavy atom. The molecule has 148 valence electrons. The van der Waals surface area contributed by atoms with Gasteiger partial charge in [0.05, 0.1) is 0 Å². The molecule has 1 N–H and O–H groups in total. The molecule has 8 rings (SSSR count). The predicted octanol–water partition coefficient (Wildman–Crippen LogP) is 6.57. The first-order valence-corrected chi connectivity index (χ1v) is 12.9. The molecule has 0 radical (unpaired) electrons. The minimum absolute atomic E-state index is 0.423. The van der Waals surface area contributed by atoms with Gasteiger partial charge in [0.1, 0.15) is 0 Å². The molecule has 0 amide bonds. The SMILES string of the molecule is BrCCC12CC3CC(CC(C3)C1)C2.OCCC12CC3CC(CC(C3)C1)C2. The fraction of sp³-hybridized carbons (Fsp3) is 1.00. The molecule has 26 heavy (non-hydrogen) atoms. The van der Waals surface area contributed by atoms with Crippen molar-refractivity contribution in [2.24, 2.45) is 46.3 Å². The highest BCUT2D eigenvalue weighted by Gasteiger charge is 2.51. The molecule has 2 heteroatoms. The maximum absolute atomic E-state index is 9.13. The summed E-state index contributed by atoms with van der Waals surface area (Å²) in [6, 6.07) is 0. The molecule has 0 atom stereocenters. The molecule has 8 aliphatic rings. The lowest BCUT2D eigenvalue weighted by molar-refractivity contribution is -0.0636. The number of hydrogen-bond donors (Lipinski definition) is 1. The zero-order chi connectivity index (χ0) is 17.8. The van der Waals surface area contributed by atoms with E-state index in [2.05, 4.69) is 15.9 Å². The molecular weight excluding hydrogens is 384 g/mol. The Bertz CT molecular complexity index is 396. The van der Waals surface area contributed by atoms with E-state index in [1.165, 1.54) is 50.3 Å². The van der Waals surface area contributed by atoms with Crippen LogP contribution in [0.1, 0.15) is 89.9 Å². The van der Waals surface area contributed by atoms with Crippen LogP contribution in [0.4, 0.5) is 0 Å². The Hall–Kier alpha value is 0.440. The Morgan fingerprint density at radius 3 is 1.15 bits per heavy atom. The molecule has 8 bridgehead atoms. The first kappa shape index (κ1) is 18.5. The Kier molecular flexibility index (Phi) is 5.00. The van der Waals surface area contributed by atoms with Crippen molar-refractivity contribution in [1.29, 1.82) is 0 Å². The molecule has 0 aromatic rings. The van der Waals surface area contributed by atoms with Crippen LogP contribution >= 0.6 is 15.9 Å². The number of alkyl halides is 1. The van der Waals surface area contributed by atoms with E-state index in [-0.39, 0.29) is 0 Å². The third kappa shape index (κ3) is 3.44. The smallest absolute Gasteiger partial charge is 0.0436 e. The van der Waals surface area contributed by atoms with Gasteiger partial charge in [0.25, 0.3) is 0 Å². The van der Waals surface area contributed by atoms with Crippen molar-refractivity contribution in [3.05, 3.63) is 0 Å². The van der Waals surface area contributed by atoms with Gasteiger partial charge < -0.3 is 5.11 Å². The lowest BCUT2D eigenvalue weighted by Gasteiger charge is -2.57. The van der Waals surface area contributed by atoms with Crippen LogP contribution in [0.25, 0.3) is 0 Å². The topological polar surface area (TPSA) is 20.2 Å². The number of hydrogen-bond acceptors (Lipinski definition) is 1. The summed E-state index contributed by atoms with van der Waals surface area (Å²) in [6.45, 7) is 0.423. The summed E-state index contributed by atoms with van der Waals surface area (Å²) in [7, 11) is 0. The maximum Gasteiger partial charge on any atom is 0.0436 e. The maximum atomic E-state index is 9.13. The fourth-order valence-corrected chi connectivity index (χ4v) is 10.5. The van der Waals surface area contributed by atoms with Crippen molar-refractivity contribution in [2.75, 3.05) is 11.9 Å². The molecule has 0 aromatic heterocycles. The van der Waals surface area contributed by atoms with E-state index in [0.717, 1.165) is 47.3 Å². The average Bonchev–Trinajstić information content (AvgIpc) is 2.52. The van der Waals surface area contributed by atoms with Gasteiger partial charge in [-0.25, -0.2) is 0 Å². The third-order valence-corrected chi connectivity index (χ3v) is 9.99. The number of aliphatic hydroxyl groups is 1. The van der Waals surface area contributed by atoms with E-state index >= 15 is 0 Å². The molecule has 8 fully saturated rings. The average molecular weight is 423 g/mol. The lowest BCUT2D eigenvalue weighted by Crippen LogP contribution is -2.46. The van der Waals surface area contributed by atoms with Crippen LogP contribution in [0.5, 0.6) is 0 Å². The van der Waals surface area contributed by atoms with Crippen molar-refractivity contribution in [3.8, 4) is 0 Å². The first-order valence-electron chi connectivity index (χ1n) is 11.8. The van der Waals surface area contributed by atoms with E-state index in [1.54, 1.807) is 38.5 Å². The monoisotopic (exact) mass is 422 g/mol. The highest BCUT2D eigenvalue weighted by atomic mass is 79.9. The largest absolute Gasteiger partial charge is 0.396 e. The van der Waals surface area contributed by atoms with Crippen LogP contribution in [0.2, 0.25) is 0 Å². The van der Waals surface area contributed by atoms with Crippen LogP contribution in [0, 0.1) is 46.3 Å². The number of aliphatic hydroxyl groups excluding tert-OH is 1. The minimum atomic E-state index is 0.423. The van der Waals surface area contributed by atoms with Crippen LogP contribution in [0.15, 0.2) is 0 Å². The lowest BCUT2D eigenvalue weighted by atomic mass is 9.49. The molecule has 0 heterocycles. The van der Waals surface area contributed by atoms with Crippen molar-refractivity contribution in [1.82, 2.24) is 0 Å². The Balaban J connectivity index is 0.000000115. The molecule has 0 spiro atoms. The molecule has 8 aliphatic carbocycles. The van der Waals surface area contributed by atoms with Gasteiger partial charge >= 0.3 is 0 Å². The Labute approximate surface area is 169 Å². The quantitative estimate of drug-likeness (QED) is 0.507. The van der Waals surface area contributed by atoms with Crippen molar-refractivity contribution >= 4 is 15.9 Å². The summed E-state index contributed by atoms with van der Waals surface area (Å²) < 4.78 is 0. The minimum Gasteiger partial charge on any atom is -0.396 e. The standard InChI is InChI=1S/C12H19Br.C12H20O/c2*13-2-1-12-6-9-3-10(7-12)5-11(4-9)8-12/h9-11H,1-8H2;9-11,13H,1-8H2. The van der Waals surface area contributed by atoms with Crippen LogP contribution in [0.3, 0.4) is 0 Å². The van der Waals surface area contributed by atoms with Gasteiger partial charge in [0.15, 0.2) is 0 Å². The Morgan fingerprint density at radius 2 is 0.885 bits per heavy atom. The first-order chi connectivity index (χ1) is 12.6. The van der Waals surface area contributed by atoms with Gasteiger partial charge in [-0.05, 0) is 136 Å². The summed E-state index contributed by atoms with van der Waals surface area (Å²) in [5.41, 5.74) is 1.40. The zero-order valence-corrected chi connectivity index (χ0v) is 18.2. The van der Waals surface area contributed by atoms with E-state index in [9.17, 15) is 0 Å². The van der Waals surface area contributed by atoms with Crippen molar-refractivity contribution in [2.45, 2.75) is 89.9 Å². The summed E-state index contributed by atoms with van der Waals surface area (Å²) in [5.74, 6) is 6.51. The van der Waals surface area contributed by atoms with Crippen LogP contribution in [-0.4, -0.2) is 17.0 Å². The van der Waals surface area contributed by atoms with E-state index in [1.807, 2.05) is 0 Å². The second-order valence-electron chi connectivity index (χ2n) is 11.7. The molecule has 0 aliphatic heterocycles. The molecule has 0 aromatic carbocycles. The molecule has 0 unspecified atom stereocenters. The second-order valence-corrected chi connectivity index (χ2v) is 12.5. The van der Waals surface area contributed by atoms with Gasteiger partial charge in [0.2, 0.25) is 0 Å². The molecule has 1 nitrogen and oxygen atoms in total. The van der Waals surface area contributed by atoms with Crippen LogP contribution in [-0.2, 0) is 0 Å². The zero-order valence-electron chi connectivity index (χ0n) is 16.6. The normalized spacial score (nSPS) is 52.8. The third-order valence-electron chi connectivity index (χ3n) is 9.60. The molecule has 8 saturated carbocycles. The van der Waals surface area contributed by atoms with Gasteiger partial charge in [-0.1, -0.05) is 15.9 Å². The fourth-order valence-electron chi connectivity index (χ4n) is 9.63. The predicted molar refractivity (Wildman–Crippen MR) is 111 cm³/mol. The van der Waals surface area contributed by atoms with Gasteiger partial charge in [-0.15, -0.1) is 0 Å². The second kappa shape index (κ2) is 7.05. The summed E-state index contributed by atoms with van der Waals surface area (Å²) in [4.78, 5) is 0. The van der Waals surface area contributed by atoms with Crippen molar-refractivity contribution in [3.63, 3.8) is 0 Å². The van der Waals surface area contributed by atoms with Crippen LogP contribution < -0.4 is 0 Å². The van der Waals surface area contributed by atoms with E-state index in [4.69, 9.17) is 5.11 Å². The number of rotatable bonds is 4. The molecular formula is C24H39BrO. The highest BCUT2D eigenvalue weighted by molar-refractivity contribution is 9.09. The summed E-state index contributed by atoms with van der Waals surface area (Å²) in [6.07, 6.45) is 20.9. The number of halogens is 1. The van der Waals surface area contributed by atoms with Crippen molar-refractivity contribution < 1.29 is 5.11 Å². The van der Waals surface area contributed by atoms with Gasteiger partial charge in [0, 0.05) is 11.9 Å². The van der Waals surface area contributed by atoms with Gasteiger partial charge in [-0.2, -0.15) is 0 Å². The molecule has 0 saturated heterocycles. The highest BCUT2D eigenvalue weighted by Crippen LogP contribution is 2.62. The summed E-state index contributed by atoms with van der Waals surface area (Å²) in [5, 5.41) is 10.4.